The van der Waals surface area contributed by atoms with E-state index in [1.807, 2.05) is 11.4 Å². The number of imide groups is 1. The third kappa shape index (κ3) is 4.32. The highest BCUT2D eigenvalue weighted by Crippen LogP contribution is 2.10. The second-order valence-electron chi connectivity index (χ2n) is 3.41. The maximum absolute atomic E-state index is 11.7. The van der Waals surface area contributed by atoms with Gasteiger partial charge in [-0.05, 0) is 47.7 Å². The lowest BCUT2D eigenvalue weighted by Gasteiger charge is -2.11. The molecule has 1 aromatic rings. The quantitative estimate of drug-likeness (QED) is 0.620. The van der Waals surface area contributed by atoms with E-state index >= 15 is 0 Å². The van der Waals surface area contributed by atoms with E-state index in [0.29, 0.717) is 5.56 Å². The van der Waals surface area contributed by atoms with Crippen molar-refractivity contribution in [2.45, 2.75) is 13.0 Å². The second-order valence-corrected chi connectivity index (χ2v) is 4.66. The van der Waals surface area contributed by atoms with Gasteiger partial charge in [0.1, 0.15) is 0 Å². The van der Waals surface area contributed by atoms with Crippen LogP contribution in [0.1, 0.15) is 17.3 Å². The standard InChI is InChI=1S/C11H11IN2O4/c1-6(9(15)14-11(13)17)18-10(16)7-3-2-4-8(12)5-7/h2-6H,1H3,(H3,13,14,15,17). The van der Waals surface area contributed by atoms with Crippen molar-refractivity contribution < 1.29 is 19.1 Å². The van der Waals surface area contributed by atoms with E-state index in [-0.39, 0.29) is 0 Å². The van der Waals surface area contributed by atoms with E-state index in [1.54, 1.807) is 18.2 Å². The summed E-state index contributed by atoms with van der Waals surface area (Å²) in [6.45, 7) is 1.35. The third-order valence-corrected chi connectivity index (χ3v) is 2.63. The minimum absolute atomic E-state index is 0.334. The van der Waals surface area contributed by atoms with Crippen molar-refractivity contribution in [2.24, 2.45) is 5.73 Å². The second kappa shape index (κ2) is 6.34. The maximum Gasteiger partial charge on any atom is 0.338 e. The molecule has 1 unspecified atom stereocenters. The molecule has 0 saturated carbocycles. The first-order valence-electron chi connectivity index (χ1n) is 4.97. The van der Waals surface area contributed by atoms with Gasteiger partial charge in [-0.15, -0.1) is 0 Å². The number of primary amides is 1. The number of nitrogens with one attached hydrogen (secondary N) is 1. The smallest absolute Gasteiger partial charge is 0.338 e. The van der Waals surface area contributed by atoms with Gasteiger partial charge >= 0.3 is 12.0 Å². The van der Waals surface area contributed by atoms with E-state index in [9.17, 15) is 14.4 Å². The van der Waals surface area contributed by atoms with E-state index < -0.39 is 24.0 Å². The number of ether oxygens (including phenoxy) is 1. The van der Waals surface area contributed by atoms with Gasteiger partial charge in [0.25, 0.3) is 5.91 Å². The van der Waals surface area contributed by atoms with Gasteiger partial charge < -0.3 is 10.5 Å². The number of urea groups is 1. The fourth-order valence-electron chi connectivity index (χ4n) is 1.12. The number of amides is 3. The summed E-state index contributed by atoms with van der Waals surface area (Å²) < 4.78 is 5.76. The summed E-state index contributed by atoms with van der Waals surface area (Å²) in [6, 6.07) is 5.73. The number of esters is 1. The summed E-state index contributed by atoms with van der Waals surface area (Å²) in [6.07, 6.45) is -1.09. The molecule has 3 N–H and O–H groups in total. The van der Waals surface area contributed by atoms with E-state index in [1.165, 1.54) is 6.92 Å². The van der Waals surface area contributed by atoms with Gasteiger partial charge in [0, 0.05) is 3.57 Å². The van der Waals surface area contributed by atoms with Crippen LogP contribution in [-0.4, -0.2) is 24.0 Å². The SMILES string of the molecule is CC(OC(=O)c1cccc(I)c1)C(=O)NC(N)=O. The molecule has 0 bridgehead atoms. The number of nitrogens with two attached hydrogens (primary N) is 1. The number of halogens is 1. The first kappa shape index (κ1) is 14.4. The van der Waals surface area contributed by atoms with Crippen LogP contribution in [0.3, 0.4) is 0 Å². The monoisotopic (exact) mass is 362 g/mol. The summed E-state index contributed by atoms with van der Waals surface area (Å²) in [4.78, 5) is 33.4. The topological polar surface area (TPSA) is 98.5 Å². The molecule has 18 heavy (non-hydrogen) atoms. The summed E-state index contributed by atoms with van der Waals surface area (Å²) in [5.41, 5.74) is 5.11. The summed E-state index contributed by atoms with van der Waals surface area (Å²) in [7, 11) is 0. The highest BCUT2D eigenvalue weighted by molar-refractivity contribution is 14.1. The number of rotatable bonds is 3. The van der Waals surface area contributed by atoms with Crippen LogP contribution in [0.2, 0.25) is 0 Å². The molecule has 7 heteroatoms. The van der Waals surface area contributed by atoms with Crippen LogP contribution in [-0.2, 0) is 9.53 Å². The Bertz CT molecular complexity index is 490. The molecule has 0 aliphatic heterocycles. The highest BCUT2D eigenvalue weighted by atomic mass is 127. The Hall–Kier alpha value is -1.64. The first-order chi connectivity index (χ1) is 8.40. The molecule has 1 aromatic carbocycles. The average Bonchev–Trinajstić information content (AvgIpc) is 2.27. The Morgan fingerprint density at radius 1 is 1.39 bits per heavy atom. The fraction of sp³-hybridized carbons (Fsp3) is 0.182. The molecule has 0 aliphatic rings. The summed E-state index contributed by atoms with van der Waals surface area (Å²) in [5.74, 6) is -1.40. The van der Waals surface area contributed by atoms with Gasteiger partial charge in [-0.2, -0.15) is 0 Å². The van der Waals surface area contributed by atoms with Crippen LogP contribution in [0.15, 0.2) is 24.3 Å². The number of carbonyl (C=O) groups is 3. The molecular formula is C11H11IN2O4. The Labute approximate surface area is 117 Å². The lowest BCUT2D eigenvalue weighted by molar-refractivity contribution is -0.127. The van der Waals surface area contributed by atoms with Crippen LogP contribution in [0.5, 0.6) is 0 Å². The van der Waals surface area contributed by atoms with Gasteiger partial charge in [-0.1, -0.05) is 6.07 Å². The Morgan fingerprint density at radius 3 is 2.61 bits per heavy atom. The van der Waals surface area contributed by atoms with Gasteiger partial charge in [0.15, 0.2) is 6.10 Å². The minimum atomic E-state index is -1.09. The Morgan fingerprint density at radius 2 is 2.06 bits per heavy atom. The molecule has 0 radical (unpaired) electrons. The van der Waals surface area contributed by atoms with Gasteiger partial charge in [0.05, 0.1) is 5.56 Å². The molecule has 0 heterocycles. The van der Waals surface area contributed by atoms with Crippen molar-refractivity contribution in [3.05, 3.63) is 33.4 Å². The first-order valence-corrected chi connectivity index (χ1v) is 6.05. The normalized spacial score (nSPS) is 11.4. The predicted octanol–water partition coefficient (Wildman–Crippen LogP) is 1.03. The number of hydrogen-bond acceptors (Lipinski definition) is 4. The molecule has 1 rings (SSSR count). The van der Waals surface area contributed by atoms with Crippen LogP contribution >= 0.6 is 22.6 Å². The average molecular weight is 362 g/mol. The lowest BCUT2D eigenvalue weighted by Crippen LogP contribution is -2.42. The van der Waals surface area contributed by atoms with Crippen LogP contribution in [0.25, 0.3) is 0 Å². The van der Waals surface area contributed by atoms with Gasteiger partial charge in [-0.25, -0.2) is 9.59 Å². The van der Waals surface area contributed by atoms with Crippen molar-refractivity contribution in [1.82, 2.24) is 5.32 Å². The molecule has 0 aliphatic carbocycles. The number of carbonyl (C=O) groups excluding carboxylic acids is 3. The molecular weight excluding hydrogens is 351 g/mol. The number of benzene rings is 1. The molecule has 0 aromatic heterocycles. The predicted molar refractivity (Wildman–Crippen MR) is 71.8 cm³/mol. The van der Waals surface area contributed by atoms with Crippen molar-refractivity contribution in [2.75, 3.05) is 0 Å². The molecule has 0 spiro atoms. The van der Waals surface area contributed by atoms with E-state index in [4.69, 9.17) is 10.5 Å². The summed E-state index contributed by atoms with van der Waals surface area (Å²) >= 11 is 2.05. The Balaban J connectivity index is 2.65. The molecule has 0 fully saturated rings. The van der Waals surface area contributed by atoms with Crippen LogP contribution in [0.4, 0.5) is 4.79 Å². The molecule has 96 valence electrons. The maximum atomic E-state index is 11.7. The van der Waals surface area contributed by atoms with Crippen molar-refractivity contribution in [1.29, 1.82) is 0 Å². The fourth-order valence-corrected chi connectivity index (χ4v) is 1.66. The lowest BCUT2D eigenvalue weighted by atomic mass is 10.2. The van der Waals surface area contributed by atoms with Crippen LogP contribution < -0.4 is 11.1 Å². The van der Waals surface area contributed by atoms with Crippen molar-refractivity contribution >= 4 is 40.5 Å². The van der Waals surface area contributed by atoms with Gasteiger partial charge in [-0.3, -0.25) is 10.1 Å². The van der Waals surface area contributed by atoms with E-state index in [0.717, 1.165) is 3.57 Å². The van der Waals surface area contributed by atoms with Gasteiger partial charge in [0.2, 0.25) is 0 Å². The molecule has 6 nitrogen and oxygen atoms in total. The highest BCUT2D eigenvalue weighted by Gasteiger charge is 2.19. The largest absolute Gasteiger partial charge is 0.449 e. The van der Waals surface area contributed by atoms with Crippen LogP contribution in [0, 0.1) is 3.57 Å². The van der Waals surface area contributed by atoms with E-state index in [2.05, 4.69) is 22.6 Å². The zero-order chi connectivity index (χ0) is 13.7. The molecule has 1 atom stereocenters. The third-order valence-electron chi connectivity index (χ3n) is 1.96. The zero-order valence-electron chi connectivity index (χ0n) is 9.48. The minimum Gasteiger partial charge on any atom is -0.449 e. The van der Waals surface area contributed by atoms with Crippen molar-refractivity contribution in [3.8, 4) is 0 Å². The molecule has 0 saturated heterocycles. The molecule has 3 amide bonds. The summed E-state index contributed by atoms with van der Waals surface area (Å²) in [5, 5.41) is 1.83. The Kier molecular flexibility index (Phi) is 5.08. The zero-order valence-corrected chi connectivity index (χ0v) is 11.6. The number of hydrogen-bond donors (Lipinski definition) is 2. The van der Waals surface area contributed by atoms with Crippen molar-refractivity contribution in [3.63, 3.8) is 0 Å².